The monoisotopic (exact) mass is 428 g/mol. The molecule has 0 spiro atoms. The fourth-order valence-corrected chi connectivity index (χ4v) is 2.60. The van der Waals surface area contributed by atoms with E-state index < -0.39 is 29.2 Å². The Labute approximate surface area is 174 Å². The second-order valence-corrected chi connectivity index (χ2v) is 6.20. The minimum Gasteiger partial charge on any atom is -0.361 e. The molecule has 2 N–H and O–H groups in total. The molecular formula is C20H15F3N6O2. The van der Waals surface area contributed by atoms with Crippen molar-refractivity contribution in [2.24, 2.45) is 0 Å². The number of aromatic nitrogens is 3. The van der Waals surface area contributed by atoms with E-state index in [1.165, 1.54) is 18.3 Å². The van der Waals surface area contributed by atoms with E-state index in [4.69, 9.17) is 6.57 Å². The summed E-state index contributed by atoms with van der Waals surface area (Å²) in [5.41, 5.74) is -1.34. The number of pyridine rings is 1. The smallest absolute Gasteiger partial charge is 0.361 e. The first-order valence-electron chi connectivity index (χ1n) is 8.92. The lowest BCUT2D eigenvalue weighted by Crippen LogP contribution is -2.35. The van der Waals surface area contributed by atoms with Gasteiger partial charge in [-0.2, -0.15) is 18.3 Å². The van der Waals surface area contributed by atoms with Crippen LogP contribution >= 0.6 is 0 Å². The van der Waals surface area contributed by atoms with Gasteiger partial charge in [0.15, 0.2) is 5.69 Å². The van der Waals surface area contributed by atoms with Crippen LogP contribution in [0, 0.1) is 6.57 Å². The second-order valence-electron chi connectivity index (χ2n) is 6.20. The molecular weight excluding hydrogens is 413 g/mol. The molecule has 2 heterocycles. The molecule has 2 amide bonds. The van der Waals surface area contributed by atoms with E-state index in [9.17, 15) is 22.8 Å². The Hall–Kier alpha value is -4.20. The molecule has 0 fully saturated rings. The van der Waals surface area contributed by atoms with Gasteiger partial charge in [0.05, 0.1) is 16.8 Å². The predicted molar refractivity (Wildman–Crippen MR) is 104 cm³/mol. The molecule has 11 heteroatoms. The summed E-state index contributed by atoms with van der Waals surface area (Å²) in [5.74, 6) is -1.32. The molecule has 3 rings (SSSR count). The molecule has 1 aromatic carbocycles. The highest BCUT2D eigenvalue weighted by Gasteiger charge is 2.39. The molecule has 8 nitrogen and oxygen atoms in total. The van der Waals surface area contributed by atoms with Gasteiger partial charge >= 0.3 is 6.18 Å². The minimum absolute atomic E-state index is 0.0245. The van der Waals surface area contributed by atoms with E-state index in [-0.39, 0.29) is 24.5 Å². The number of carbonyl (C=O) groups excluding carboxylic acids is 2. The molecule has 0 radical (unpaired) electrons. The van der Waals surface area contributed by atoms with Crippen molar-refractivity contribution in [2.75, 3.05) is 13.1 Å². The van der Waals surface area contributed by atoms with Gasteiger partial charge in [0.2, 0.25) is 0 Å². The van der Waals surface area contributed by atoms with Crippen LogP contribution in [0.3, 0.4) is 0 Å². The highest BCUT2D eigenvalue weighted by Crippen LogP contribution is 2.31. The predicted octanol–water partition coefficient (Wildman–Crippen LogP) is 3.00. The van der Waals surface area contributed by atoms with Gasteiger partial charge in [-0.25, -0.2) is 4.68 Å². The van der Waals surface area contributed by atoms with Gasteiger partial charge < -0.3 is 15.5 Å². The summed E-state index contributed by atoms with van der Waals surface area (Å²) in [5, 5.41) is 8.36. The van der Waals surface area contributed by atoms with Crippen molar-refractivity contribution in [1.82, 2.24) is 25.4 Å². The lowest BCUT2D eigenvalue weighted by molar-refractivity contribution is -0.141. The standard InChI is InChI=1S/C20H15F3N6O2/c1-24-16-8-7-13(11-27-16)18(30)25-9-10-26-19(31)15-12-29(14-5-3-2-4-6-14)28-17(15)20(21,22)23/h2-8,11-12H,9-10H2,(H,25,30)(H,26,31). The number of nitrogens with zero attached hydrogens (tertiary/aromatic N) is 4. The number of halogens is 3. The summed E-state index contributed by atoms with van der Waals surface area (Å²) in [6.07, 6.45) is -2.57. The normalized spacial score (nSPS) is 10.9. The number of hydrogen-bond acceptors (Lipinski definition) is 4. The first-order chi connectivity index (χ1) is 14.8. The van der Waals surface area contributed by atoms with Crippen LogP contribution in [0.4, 0.5) is 19.0 Å². The van der Waals surface area contributed by atoms with Crippen LogP contribution in [0.5, 0.6) is 0 Å². The fourth-order valence-electron chi connectivity index (χ4n) is 2.60. The van der Waals surface area contributed by atoms with Crippen molar-refractivity contribution in [3.8, 4) is 5.69 Å². The summed E-state index contributed by atoms with van der Waals surface area (Å²) in [4.78, 5) is 31.2. The zero-order valence-corrected chi connectivity index (χ0v) is 15.8. The number of carbonyl (C=O) groups is 2. The number of amides is 2. The summed E-state index contributed by atoms with van der Waals surface area (Å²) in [6, 6.07) is 10.9. The average Bonchev–Trinajstić information content (AvgIpc) is 3.23. The zero-order chi connectivity index (χ0) is 22.4. The molecule has 158 valence electrons. The van der Waals surface area contributed by atoms with Crippen LogP contribution in [-0.4, -0.2) is 39.7 Å². The third kappa shape index (κ3) is 5.24. The summed E-state index contributed by atoms with van der Waals surface area (Å²) in [7, 11) is 0. The maximum atomic E-state index is 13.3. The lowest BCUT2D eigenvalue weighted by Gasteiger charge is -2.08. The Kier molecular flexibility index (Phi) is 6.30. The zero-order valence-electron chi connectivity index (χ0n) is 15.8. The molecule has 0 aliphatic heterocycles. The van der Waals surface area contributed by atoms with E-state index in [1.807, 2.05) is 0 Å². The second kappa shape index (κ2) is 9.08. The van der Waals surface area contributed by atoms with Crippen molar-refractivity contribution >= 4 is 17.6 Å². The average molecular weight is 428 g/mol. The van der Waals surface area contributed by atoms with Gasteiger partial charge in [0.1, 0.15) is 6.20 Å². The van der Waals surface area contributed by atoms with Gasteiger partial charge in [0.25, 0.3) is 17.6 Å². The molecule has 0 bridgehead atoms. The number of para-hydroxylation sites is 1. The quantitative estimate of drug-likeness (QED) is 0.466. The third-order valence-corrected chi connectivity index (χ3v) is 4.07. The van der Waals surface area contributed by atoms with Gasteiger partial charge in [-0.1, -0.05) is 30.8 Å². The molecule has 2 aromatic heterocycles. The summed E-state index contributed by atoms with van der Waals surface area (Å²) >= 11 is 0. The Bertz CT molecular complexity index is 1120. The van der Waals surface area contributed by atoms with Crippen molar-refractivity contribution in [1.29, 1.82) is 0 Å². The van der Waals surface area contributed by atoms with Gasteiger partial charge in [-0.3, -0.25) is 9.59 Å². The Morgan fingerprint density at radius 1 is 1.03 bits per heavy atom. The number of hydrogen-bond donors (Lipinski definition) is 2. The Balaban J connectivity index is 1.62. The lowest BCUT2D eigenvalue weighted by atomic mass is 10.2. The molecule has 0 aliphatic rings. The van der Waals surface area contributed by atoms with Crippen LogP contribution < -0.4 is 10.6 Å². The highest BCUT2D eigenvalue weighted by atomic mass is 19.4. The van der Waals surface area contributed by atoms with E-state index in [0.717, 1.165) is 10.9 Å². The van der Waals surface area contributed by atoms with Crippen molar-refractivity contribution in [3.05, 3.63) is 83.1 Å². The maximum absolute atomic E-state index is 13.3. The molecule has 0 saturated carbocycles. The maximum Gasteiger partial charge on any atom is 0.435 e. The van der Waals surface area contributed by atoms with Gasteiger partial charge in [-0.05, 0) is 18.2 Å². The summed E-state index contributed by atoms with van der Waals surface area (Å²) in [6.45, 7) is 6.69. The van der Waals surface area contributed by atoms with Crippen LogP contribution in [0.2, 0.25) is 0 Å². The van der Waals surface area contributed by atoms with Crippen LogP contribution in [0.1, 0.15) is 26.4 Å². The van der Waals surface area contributed by atoms with E-state index in [1.54, 1.807) is 30.3 Å². The molecule has 0 aliphatic carbocycles. The molecule has 0 unspecified atom stereocenters. The number of benzene rings is 1. The first-order valence-corrected chi connectivity index (χ1v) is 8.92. The van der Waals surface area contributed by atoms with E-state index in [0.29, 0.717) is 5.69 Å². The molecule has 0 atom stereocenters. The number of alkyl halides is 3. The minimum atomic E-state index is -4.81. The van der Waals surface area contributed by atoms with Crippen LogP contribution in [0.15, 0.2) is 54.9 Å². The Morgan fingerprint density at radius 3 is 2.29 bits per heavy atom. The highest BCUT2D eigenvalue weighted by molar-refractivity contribution is 5.96. The SMILES string of the molecule is [C-]#[N+]c1ccc(C(=O)NCCNC(=O)c2cn(-c3ccccc3)nc2C(F)(F)F)cn1. The van der Waals surface area contributed by atoms with Crippen LogP contribution in [0.25, 0.3) is 10.5 Å². The Morgan fingerprint density at radius 2 is 1.71 bits per heavy atom. The number of nitrogens with one attached hydrogen (secondary N) is 2. The van der Waals surface area contributed by atoms with Crippen LogP contribution in [-0.2, 0) is 6.18 Å². The van der Waals surface area contributed by atoms with Crippen molar-refractivity contribution in [3.63, 3.8) is 0 Å². The van der Waals surface area contributed by atoms with Crippen molar-refractivity contribution < 1.29 is 22.8 Å². The van der Waals surface area contributed by atoms with Gasteiger partial charge in [-0.15, -0.1) is 4.98 Å². The first kappa shape index (κ1) is 21.5. The third-order valence-electron chi connectivity index (χ3n) is 4.07. The molecule has 3 aromatic rings. The van der Waals surface area contributed by atoms with Crippen molar-refractivity contribution in [2.45, 2.75) is 6.18 Å². The topological polar surface area (TPSA) is 93.3 Å². The van der Waals surface area contributed by atoms with E-state index in [2.05, 4.69) is 25.6 Å². The largest absolute Gasteiger partial charge is 0.435 e. The number of rotatable bonds is 6. The fraction of sp³-hybridized carbons (Fsp3) is 0.150. The molecule has 31 heavy (non-hydrogen) atoms. The van der Waals surface area contributed by atoms with Gasteiger partial charge in [0, 0.05) is 19.3 Å². The van der Waals surface area contributed by atoms with E-state index >= 15 is 0 Å². The molecule has 0 saturated heterocycles. The summed E-state index contributed by atoms with van der Waals surface area (Å²) < 4.78 is 41.0.